The maximum atomic E-state index is 5.78. The number of ether oxygens (including phenoxy) is 1. The molecule has 3 heteroatoms. The second-order valence-corrected chi connectivity index (χ2v) is 5.67. The van der Waals surface area contributed by atoms with Crippen LogP contribution in [0.3, 0.4) is 0 Å². The van der Waals surface area contributed by atoms with Crippen LogP contribution in [0.25, 0.3) is 0 Å². The van der Waals surface area contributed by atoms with Crippen LogP contribution in [0.2, 0.25) is 0 Å². The lowest BCUT2D eigenvalue weighted by Crippen LogP contribution is -2.44. The van der Waals surface area contributed by atoms with Crippen LogP contribution in [-0.4, -0.2) is 44.3 Å². The van der Waals surface area contributed by atoms with Gasteiger partial charge in [-0.25, -0.2) is 0 Å². The van der Waals surface area contributed by atoms with Crippen LogP contribution < -0.4 is 5.32 Å². The van der Waals surface area contributed by atoms with Gasteiger partial charge in [0.25, 0.3) is 0 Å². The second-order valence-electron chi connectivity index (χ2n) is 5.67. The largest absolute Gasteiger partial charge is 0.374 e. The first kappa shape index (κ1) is 14.5. The lowest BCUT2D eigenvalue weighted by Gasteiger charge is -2.32. The van der Waals surface area contributed by atoms with E-state index in [2.05, 4.69) is 56.2 Å². The Morgan fingerprint density at radius 1 is 1.42 bits per heavy atom. The number of rotatable bonds is 4. The molecule has 1 aromatic carbocycles. The Hall–Kier alpha value is -0.900. The minimum absolute atomic E-state index is 0.311. The molecule has 1 N–H and O–H groups in total. The van der Waals surface area contributed by atoms with Gasteiger partial charge in [-0.05, 0) is 38.9 Å². The van der Waals surface area contributed by atoms with E-state index in [4.69, 9.17) is 4.74 Å². The van der Waals surface area contributed by atoms with Crippen LogP contribution in [0.5, 0.6) is 0 Å². The average Bonchev–Trinajstić information content (AvgIpc) is 2.42. The Balaban J connectivity index is 2.01. The lowest BCUT2D eigenvalue weighted by atomic mass is 9.99. The monoisotopic (exact) mass is 262 g/mol. The van der Waals surface area contributed by atoms with E-state index in [0.717, 1.165) is 26.2 Å². The standard InChI is InChI=1S/C16H26N2O/c1-12-5-6-13(2)16(9-12)14(3)18(4)11-15-10-17-7-8-19-15/h5-6,9,14-15,17H,7-8,10-11H2,1-4H3. The molecule has 1 fully saturated rings. The zero-order chi connectivity index (χ0) is 13.8. The molecule has 19 heavy (non-hydrogen) atoms. The summed E-state index contributed by atoms with van der Waals surface area (Å²) in [5.74, 6) is 0. The van der Waals surface area contributed by atoms with Crippen molar-refractivity contribution >= 4 is 0 Å². The van der Waals surface area contributed by atoms with E-state index in [1.54, 1.807) is 0 Å². The molecule has 0 amide bonds. The minimum atomic E-state index is 0.311. The molecule has 1 heterocycles. The third-order valence-electron chi connectivity index (χ3n) is 4.04. The fourth-order valence-corrected chi connectivity index (χ4v) is 2.66. The molecular formula is C16H26N2O. The van der Waals surface area contributed by atoms with Crippen molar-refractivity contribution in [3.63, 3.8) is 0 Å². The molecule has 1 saturated heterocycles. The van der Waals surface area contributed by atoms with Crippen molar-refractivity contribution < 1.29 is 4.74 Å². The molecule has 106 valence electrons. The third-order valence-corrected chi connectivity index (χ3v) is 4.04. The van der Waals surface area contributed by atoms with Gasteiger partial charge in [0, 0.05) is 25.7 Å². The summed E-state index contributed by atoms with van der Waals surface area (Å²) in [5.41, 5.74) is 4.12. The van der Waals surface area contributed by atoms with Gasteiger partial charge in [-0.3, -0.25) is 4.90 Å². The highest BCUT2D eigenvalue weighted by Crippen LogP contribution is 2.23. The predicted octanol–water partition coefficient (Wildman–Crippen LogP) is 2.28. The third kappa shape index (κ3) is 3.78. The quantitative estimate of drug-likeness (QED) is 0.901. The van der Waals surface area contributed by atoms with Crippen LogP contribution in [0.15, 0.2) is 18.2 Å². The van der Waals surface area contributed by atoms with Crippen molar-refractivity contribution in [2.75, 3.05) is 33.3 Å². The maximum absolute atomic E-state index is 5.78. The summed E-state index contributed by atoms with van der Waals surface area (Å²) < 4.78 is 5.78. The summed E-state index contributed by atoms with van der Waals surface area (Å²) in [6.07, 6.45) is 0.311. The summed E-state index contributed by atoms with van der Waals surface area (Å²) in [4.78, 5) is 2.39. The van der Waals surface area contributed by atoms with Gasteiger partial charge >= 0.3 is 0 Å². The fraction of sp³-hybridized carbons (Fsp3) is 0.625. The predicted molar refractivity (Wildman–Crippen MR) is 79.6 cm³/mol. The molecule has 1 aliphatic heterocycles. The van der Waals surface area contributed by atoms with Crippen molar-refractivity contribution in [2.24, 2.45) is 0 Å². The number of nitrogens with one attached hydrogen (secondary N) is 1. The summed E-state index contributed by atoms with van der Waals surface area (Å²) in [5, 5.41) is 3.39. The first-order valence-electron chi connectivity index (χ1n) is 7.17. The number of aryl methyl sites for hydroxylation is 2. The van der Waals surface area contributed by atoms with Gasteiger partial charge in [0.1, 0.15) is 0 Å². The molecule has 0 saturated carbocycles. The molecular weight excluding hydrogens is 236 g/mol. The Morgan fingerprint density at radius 2 is 2.21 bits per heavy atom. The van der Waals surface area contributed by atoms with Crippen LogP contribution in [0.1, 0.15) is 29.7 Å². The number of hydrogen-bond acceptors (Lipinski definition) is 3. The number of morpholine rings is 1. The van der Waals surface area contributed by atoms with Gasteiger partial charge in [0.05, 0.1) is 12.7 Å². The van der Waals surface area contributed by atoms with Gasteiger partial charge in [-0.1, -0.05) is 23.8 Å². The molecule has 2 rings (SSSR count). The number of hydrogen-bond donors (Lipinski definition) is 1. The van der Waals surface area contributed by atoms with Gasteiger partial charge in [-0.2, -0.15) is 0 Å². The molecule has 0 bridgehead atoms. The van der Waals surface area contributed by atoms with Crippen molar-refractivity contribution in [1.29, 1.82) is 0 Å². The molecule has 0 radical (unpaired) electrons. The average molecular weight is 262 g/mol. The van der Waals surface area contributed by atoms with E-state index in [1.807, 2.05) is 0 Å². The molecule has 0 aromatic heterocycles. The van der Waals surface area contributed by atoms with E-state index >= 15 is 0 Å². The van der Waals surface area contributed by atoms with Gasteiger partial charge in [0.2, 0.25) is 0 Å². The highest BCUT2D eigenvalue weighted by molar-refractivity contribution is 5.32. The number of nitrogens with zero attached hydrogens (tertiary/aromatic N) is 1. The SMILES string of the molecule is Cc1ccc(C)c(C(C)N(C)CC2CNCCO2)c1. The van der Waals surface area contributed by atoms with E-state index in [9.17, 15) is 0 Å². The Morgan fingerprint density at radius 3 is 2.89 bits per heavy atom. The number of likely N-dealkylation sites (N-methyl/N-ethyl adjacent to an activating group) is 1. The van der Waals surface area contributed by atoms with Gasteiger partial charge < -0.3 is 10.1 Å². The first-order valence-corrected chi connectivity index (χ1v) is 7.17. The molecule has 0 spiro atoms. The van der Waals surface area contributed by atoms with E-state index < -0.39 is 0 Å². The molecule has 0 aliphatic carbocycles. The Labute approximate surface area is 116 Å². The zero-order valence-corrected chi connectivity index (χ0v) is 12.6. The number of benzene rings is 1. The molecule has 2 unspecified atom stereocenters. The van der Waals surface area contributed by atoms with Crippen molar-refractivity contribution in [1.82, 2.24) is 10.2 Å². The van der Waals surface area contributed by atoms with Crippen LogP contribution in [-0.2, 0) is 4.74 Å². The molecule has 1 aliphatic rings. The topological polar surface area (TPSA) is 24.5 Å². The molecule has 1 aromatic rings. The molecule has 3 nitrogen and oxygen atoms in total. The summed E-state index contributed by atoms with van der Waals surface area (Å²) >= 11 is 0. The van der Waals surface area contributed by atoms with Crippen molar-refractivity contribution in [3.8, 4) is 0 Å². The van der Waals surface area contributed by atoms with Gasteiger partial charge in [0.15, 0.2) is 0 Å². The summed E-state index contributed by atoms with van der Waals surface area (Å²) in [6, 6.07) is 7.12. The normalized spacial score (nSPS) is 21.6. The lowest BCUT2D eigenvalue weighted by molar-refractivity contribution is 0.00389. The van der Waals surface area contributed by atoms with E-state index in [-0.39, 0.29) is 0 Å². The highest BCUT2D eigenvalue weighted by atomic mass is 16.5. The van der Waals surface area contributed by atoms with Crippen LogP contribution in [0.4, 0.5) is 0 Å². The highest BCUT2D eigenvalue weighted by Gasteiger charge is 2.20. The second kappa shape index (κ2) is 6.51. The molecule has 2 atom stereocenters. The Kier molecular flexibility index (Phi) is 4.97. The van der Waals surface area contributed by atoms with Gasteiger partial charge in [-0.15, -0.1) is 0 Å². The van der Waals surface area contributed by atoms with Crippen molar-refractivity contribution in [3.05, 3.63) is 34.9 Å². The van der Waals surface area contributed by atoms with Crippen LogP contribution >= 0.6 is 0 Å². The Bertz CT molecular complexity index is 413. The zero-order valence-electron chi connectivity index (χ0n) is 12.6. The van der Waals surface area contributed by atoms with Crippen LogP contribution in [0, 0.1) is 13.8 Å². The maximum Gasteiger partial charge on any atom is 0.0826 e. The fourth-order valence-electron chi connectivity index (χ4n) is 2.66. The van der Waals surface area contributed by atoms with Crippen molar-refractivity contribution in [2.45, 2.75) is 32.9 Å². The summed E-state index contributed by atoms with van der Waals surface area (Å²) in [7, 11) is 2.18. The first-order chi connectivity index (χ1) is 9.08. The summed E-state index contributed by atoms with van der Waals surface area (Å²) in [6.45, 7) is 10.4. The smallest absolute Gasteiger partial charge is 0.0826 e. The van der Waals surface area contributed by atoms with E-state index in [1.165, 1.54) is 16.7 Å². The minimum Gasteiger partial charge on any atom is -0.374 e. The van der Waals surface area contributed by atoms with E-state index in [0.29, 0.717) is 12.1 Å².